The standard InChI is InChI=1S/C17H22N2O5/c20-16(18-12-4-5-13-14(11-12)22-8-7-21-13)19-15-3-1-2-6-17(15)23-9-10-24-17/h4-5,11,15H,1-3,6-10H2,(H2,18,19,20)/t15-/m0/s1. The van der Waals surface area contributed by atoms with Gasteiger partial charge in [-0.1, -0.05) is 6.42 Å². The summed E-state index contributed by atoms with van der Waals surface area (Å²) in [6.45, 7) is 2.23. The molecule has 7 nitrogen and oxygen atoms in total. The van der Waals surface area contributed by atoms with E-state index in [4.69, 9.17) is 18.9 Å². The fourth-order valence-electron chi connectivity index (χ4n) is 3.56. The smallest absolute Gasteiger partial charge is 0.319 e. The lowest BCUT2D eigenvalue weighted by Crippen LogP contribution is -2.56. The lowest BCUT2D eigenvalue weighted by atomic mass is 9.89. The lowest BCUT2D eigenvalue weighted by Gasteiger charge is -2.39. The molecule has 1 aromatic carbocycles. The van der Waals surface area contributed by atoms with Crippen LogP contribution in [0.1, 0.15) is 25.7 Å². The normalized spacial score (nSPS) is 24.6. The van der Waals surface area contributed by atoms with E-state index in [1.165, 1.54) is 0 Å². The molecule has 2 amide bonds. The molecule has 1 atom stereocenters. The number of carbonyl (C=O) groups excluding carboxylic acids is 1. The second-order valence-corrected chi connectivity index (χ2v) is 6.26. The average Bonchev–Trinajstić information content (AvgIpc) is 3.06. The molecule has 1 aliphatic carbocycles. The van der Waals surface area contributed by atoms with Crippen LogP contribution in [0.15, 0.2) is 18.2 Å². The summed E-state index contributed by atoms with van der Waals surface area (Å²) < 4.78 is 22.7. The largest absolute Gasteiger partial charge is 0.486 e. The summed E-state index contributed by atoms with van der Waals surface area (Å²) in [5.74, 6) is 0.699. The molecule has 4 rings (SSSR count). The van der Waals surface area contributed by atoms with E-state index >= 15 is 0 Å². The van der Waals surface area contributed by atoms with Crippen molar-refractivity contribution in [2.24, 2.45) is 0 Å². The van der Waals surface area contributed by atoms with E-state index in [0.29, 0.717) is 43.6 Å². The summed E-state index contributed by atoms with van der Waals surface area (Å²) in [6, 6.07) is 4.97. The zero-order valence-corrected chi connectivity index (χ0v) is 13.5. The van der Waals surface area contributed by atoms with E-state index in [1.54, 1.807) is 18.2 Å². The highest BCUT2D eigenvalue weighted by Gasteiger charge is 2.46. The number of anilines is 1. The van der Waals surface area contributed by atoms with Gasteiger partial charge in [0.1, 0.15) is 13.2 Å². The predicted octanol–water partition coefficient (Wildman–Crippen LogP) is 2.26. The summed E-state index contributed by atoms with van der Waals surface area (Å²) in [5.41, 5.74) is 0.662. The summed E-state index contributed by atoms with van der Waals surface area (Å²) in [5, 5.41) is 5.86. The second kappa shape index (κ2) is 6.49. The van der Waals surface area contributed by atoms with E-state index in [9.17, 15) is 4.79 Å². The number of rotatable bonds is 2. The SMILES string of the molecule is O=C(Nc1ccc2c(c1)OCCO2)N[C@H]1CCCCC12OCCO2. The molecule has 2 fully saturated rings. The molecule has 0 bridgehead atoms. The Kier molecular flexibility index (Phi) is 4.20. The second-order valence-electron chi connectivity index (χ2n) is 6.26. The van der Waals surface area contributed by atoms with Gasteiger partial charge in [-0.05, 0) is 25.0 Å². The lowest BCUT2D eigenvalue weighted by molar-refractivity contribution is -0.192. The van der Waals surface area contributed by atoms with Crippen LogP contribution in [0.2, 0.25) is 0 Å². The summed E-state index contributed by atoms with van der Waals surface area (Å²) in [7, 11) is 0. The van der Waals surface area contributed by atoms with Gasteiger partial charge in [-0.25, -0.2) is 4.79 Å². The van der Waals surface area contributed by atoms with Crippen molar-refractivity contribution >= 4 is 11.7 Å². The van der Waals surface area contributed by atoms with Crippen LogP contribution in [-0.4, -0.2) is 44.3 Å². The maximum absolute atomic E-state index is 12.4. The minimum Gasteiger partial charge on any atom is -0.486 e. The van der Waals surface area contributed by atoms with Crippen molar-refractivity contribution < 1.29 is 23.7 Å². The maximum atomic E-state index is 12.4. The van der Waals surface area contributed by atoms with Crippen LogP contribution in [0, 0.1) is 0 Å². The molecule has 1 saturated heterocycles. The quantitative estimate of drug-likeness (QED) is 0.867. The number of nitrogens with one attached hydrogen (secondary N) is 2. The van der Waals surface area contributed by atoms with E-state index < -0.39 is 5.79 Å². The Balaban J connectivity index is 1.41. The highest BCUT2D eigenvalue weighted by molar-refractivity contribution is 5.90. The third kappa shape index (κ3) is 3.01. The third-order valence-electron chi connectivity index (χ3n) is 4.68. The van der Waals surface area contributed by atoms with Crippen LogP contribution in [-0.2, 0) is 9.47 Å². The predicted molar refractivity (Wildman–Crippen MR) is 86.5 cm³/mol. The molecular weight excluding hydrogens is 312 g/mol. The zero-order chi connectivity index (χ0) is 16.4. The van der Waals surface area contributed by atoms with Crippen molar-refractivity contribution in [1.29, 1.82) is 0 Å². The molecule has 0 radical (unpaired) electrons. The van der Waals surface area contributed by atoms with Crippen molar-refractivity contribution in [3.8, 4) is 11.5 Å². The van der Waals surface area contributed by atoms with Crippen molar-refractivity contribution in [2.45, 2.75) is 37.5 Å². The molecule has 3 aliphatic rings. The Morgan fingerprint density at radius 1 is 1.04 bits per heavy atom. The van der Waals surface area contributed by atoms with E-state index in [-0.39, 0.29) is 12.1 Å². The first kappa shape index (κ1) is 15.5. The number of amides is 2. The topological polar surface area (TPSA) is 78.1 Å². The maximum Gasteiger partial charge on any atom is 0.319 e. The average molecular weight is 334 g/mol. The van der Waals surface area contributed by atoms with Crippen molar-refractivity contribution in [1.82, 2.24) is 5.32 Å². The van der Waals surface area contributed by atoms with Gasteiger partial charge in [0, 0.05) is 18.2 Å². The van der Waals surface area contributed by atoms with Crippen LogP contribution in [0.3, 0.4) is 0 Å². The first-order valence-corrected chi connectivity index (χ1v) is 8.50. The number of ether oxygens (including phenoxy) is 4. The Bertz CT molecular complexity index is 615. The van der Waals surface area contributed by atoms with E-state index in [0.717, 1.165) is 25.7 Å². The fraction of sp³-hybridized carbons (Fsp3) is 0.588. The summed E-state index contributed by atoms with van der Waals surface area (Å²) in [4.78, 5) is 12.4. The number of carbonyl (C=O) groups is 1. The highest BCUT2D eigenvalue weighted by Crippen LogP contribution is 2.36. The molecule has 7 heteroatoms. The number of hydrogen-bond donors (Lipinski definition) is 2. The van der Waals surface area contributed by atoms with Crippen molar-refractivity contribution in [3.63, 3.8) is 0 Å². The molecule has 2 N–H and O–H groups in total. The molecule has 24 heavy (non-hydrogen) atoms. The number of benzene rings is 1. The van der Waals surface area contributed by atoms with Gasteiger partial charge in [0.25, 0.3) is 0 Å². The van der Waals surface area contributed by atoms with Crippen LogP contribution in [0.4, 0.5) is 10.5 Å². The Hall–Kier alpha value is -1.99. The monoisotopic (exact) mass is 334 g/mol. The molecule has 130 valence electrons. The summed E-state index contributed by atoms with van der Waals surface area (Å²) >= 11 is 0. The van der Waals surface area contributed by atoms with Gasteiger partial charge in [-0.3, -0.25) is 0 Å². The van der Waals surface area contributed by atoms with Gasteiger partial charge in [0.2, 0.25) is 0 Å². The first-order chi connectivity index (χ1) is 11.8. The first-order valence-electron chi connectivity index (χ1n) is 8.50. The third-order valence-corrected chi connectivity index (χ3v) is 4.68. The van der Waals surface area contributed by atoms with Gasteiger partial charge < -0.3 is 29.6 Å². The molecule has 1 spiro atoms. The fourth-order valence-corrected chi connectivity index (χ4v) is 3.56. The number of urea groups is 1. The molecule has 0 unspecified atom stereocenters. The van der Waals surface area contributed by atoms with Gasteiger partial charge in [-0.15, -0.1) is 0 Å². The Morgan fingerprint density at radius 2 is 1.83 bits per heavy atom. The van der Waals surface area contributed by atoms with Crippen LogP contribution < -0.4 is 20.1 Å². The van der Waals surface area contributed by atoms with Gasteiger partial charge in [0.05, 0.1) is 19.3 Å². The molecule has 1 aromatic rings. The molecule has 2 aliphatic heterocycles. The Labute approximate surface area is 140 Å². The van der Waals surface area contributed by atoms with Crippen LogP contribution in [0.5, 0.6) is 11.5 Å². The van der Waals surface area contributed by atoms with Crippen molar-refractivity contribution in [3.05, 3.63) is 18.2 Å². The molecular formula is C17H22N2O5. The van der Waals surface area contributed by atoms with E-state index in [1.807, 2.05) is 0 Å². The van der Waals surface area contributed by atoms with Gasteiger partial charge >= 0.3 is 6.03 Å². The van der Waals surface area contributed by atoms with E-state index in [2.05, 4.69) is 10.6 Å². The zero-order valence-electron chi connectivity index (χ0n) is 13.5. The van der Waals surface area contributed by atoms with Crippen LogP contribution >= 0.6 is 0 Å². The Morgan fingerprint density at radius 3 is 2.67 bits per heavy atom. The molecule has 0 aromatic heterocycles. The highest BCUT2D eigenvalue weighted by atomic mass is 16.7. The van der Waals surface area contributed by atoms with Gasteiger partial charge in [-0.2, -0.15) is 0 Å². The number of fused-ring (bicyclic) bond motifs is 1. The molecule has 1 saturated carbocycles. The van der Waals surface area contributed by atoms with Crippen molar-refractivity contribution in [2.75, 3.05) is 31.7 Å². The minimum atomic E-state index is -0.650. The number of hydrogen-bond acceptors (Lipinski definition) is 5. The van der Waals surface area contributed by atoms with Gasteiger partial charge in [0.15, 0.2) is 17.3 Å². The van der Waals surface area contributed by atoms with Crippen LogP contribution in [0.25, 0.3) is 0 Å². The summed E-state index contributed by atoms with van der Waals surface area (Å²) in [6.07, 6.45) is 3.79. The minimum absolute atomic E-state index is 0.133. The molecule has 2 heterocycles.